The van der Waals surface area contributed by atoms with Crippen LogP contribution in [0.4, 0.5) is 0 Å². The number of hydrogen-bond donors (Lipinski definition) is 1. The quantitative estimate of drug-likeness (QED) is 0.788. The fourth-order valence-electron chi connectivity index (χ4n) is 2.22. The highest BCUT2D eigenvalue weighted by Crippen LogP contribution is 2.13. The van der Waals surface area contributed by atoms with Crippen molar-refractivity contribution in [2.75, 3.05) is 7.11 Å². The molecule has 0 saturated carbocycles. The second kappa shape index (κ2) is 6.79. The molecule has 0 aliphatic rings. The van der Waals surface area contributed by atoms with Crippen LogP contribution >= 0.6 is 0 Å². The topological polar surface area (TPSA) is 56.1 Å². The number of para-hydroxylation sites is 1. The Kier molecular flexibility index (Phi) is 4.38. The molecule has 0 saturated heterocycles. The average molecular weight is 307 g/mol. The van der Waals surface area contributed by atoms with E-state index in [4.69, 9.17) is 4.74 Å². The van der Waals surface area contributed by atoms with Gasteiger partial charge in [-0.25, -0.2) is 4.68 Å². The predicted molar refractivity (Wildman–Crippen MR) is 87.7 cm³/mol. The van der Waals surface area contributed by atoms with E-state index in [0.717, 1.165) is 11.3 Å². The summed E-state index contributed by atoms with van der Waals surface area (Å²) in [7, 11) is 1.58. The zero-order valence-corrected chi connectivity index (χ0v) is 12.8. The first-order valence-corrected chi connectivity index (χ1v) is 7.27. The van der Waals surface area contributed by atoms with Gasteiger partial charge in [-0.3, -0.25) is 4.79 Å². The average Bonchev–Trinajstić information content (AvgIpc) is 3.09. The van der Waals surface area contributed by atoms with Crippen molar-refractivity contribution in [3.05, 3.63) is 78.1 Å². The standard InChI is InChI=1S/C18H17N3O2/c1-23-17-9-5-6-15(10-17)18(22)19-11-14-12-20-21(13-14)16-7-3-2-4-8-16/h2-10,12-13H,11H2,1H3,(H,19,22). The minimum atomic E-state index is -0.142. The van der Waals surface area contributed by atoms with E-state index >= 15 is 0 Å². The van der Waals surface area contributed by atoms with Crippen molar-refractivity contribution in [2.24, 2.45) is 0 Å². The molecule has 0 radical (unpaired) electrons. The van der Waals surface area contributed by atoms with Gasteiger partial charge in [0.15, 0.2) is 0 Å². The molecule has 23 heavy (non-hydrogen) atoms. The summed E-state index contributed by atoms with van der Waals surface area (Å²) in [5, 5.41) is 7.19. The first kappa shape index (κ1) is 14.8. The molecule has 3 rings (SSSR count). The molecule has 0 aliphatic carbocycles. The third kappa shape index (κ3) is 3.58. The third-order valence-corrected chi connectivity index (χ3v) is 3.44. The molecule has 5 heteroatoms. The number of carbonyl (C=O) groups is 1. The van der Waals surface area contributed by atoms with Crippen molar-refractivity contribution in [3.63, 3.8) is 0 Å². The summed E-state index contributed by atoms with van der Waals surface area (Å²) in [6, 6.07) is 16.9. The van der Waals surface area contributed by atoms with Crippen LogP contribution < -0.4 is 10.1 Å². The normalized spacial score (nSPS) is 10.3. The molecule has 0 bridgehead atoms. The Balaban J connectivity index is 1.64. The Labute approximate surface area is 134 Å². The highest BCUT2D eigenvalue weighted by molar-refractivity contribution is 5.94. The molecule has 5 nitrogen and oxygen atoms in total. The van der Waals surface area contributed by atoms with Crippen molar-refractivity contribution in [3.8, 4) is 11.4 Å². The molecule has 2 aromatic carbocycles. The van der Waals surface area contributed by atoms with Crippen LogP contribution in [0.3, 0.4) is 0 Å². The van der Waals surface area contributed by atoms with Gasteiger partial charge in [-0.15, -0.1) is 0 Å². The predicted octanol–water partition coefficient (Wildman–Crippen LogP) is 2.81. The fourth-order valence-corrected chi connectivity index (χ4v) is 2.22. The lowest BCUT2D eigenvalue weighted by molar-refractivity contribution is 0.0950. The number of nitrogens with one attached hydrogen (secondary N) is 1. The fraction of sp³-hybridized carbons (Fsp3) is 0.111. The van der Waals surface area contributed by atoms with Crippen LogP contribution in [0.15, 0.2) is 67.0 Å². The van der Waals surface area contributed by atoms with E-state index < -0.39 is 0 Å². The van der Waals surface area contributed by atoms with Crippen LogP contribution in [-0.2, 0) is 6.54 Å². The van der Waals surface area contributed by atoms with Gasteiger partial charge in [0, 0.05) is 23.9 Å². The minimum Gasteiger partial charge on any atom is -0.497 e. The molecule has 3 aromatic rings. The maximum absolute atomic E-state index is 12.2. The summed E-state index contributed by atoms with van der Waals surface area (Å²) in [6.45, 7) is 0.420. The maximum Gasteiger partial charge on any atom is 0.251 e. The Hall–Kier alpha value is -3.08. The zero-order valence-electron chi connectivity index (χ0n) is 12.8. The Bertz CT molecular complexity index is 797. The van der Waals surface area contributed by atoms with Gasteiger partial charge >= 0.3 is 0 Å². The SMILES string of the molecule is COc1cccc(C(=O)NCc2cnn(-c3ccccc3)c2)c1. The van der Waals surface area contributed by atoms with Gasteiger partial charge in [-0.1, -0.05) is 24.3 Å². The lowest BCUT2D eigenvalue weighted by atomic mass is 10.2. The molecule has 1 aromatic heterocycles. The van der Waals surface area contributed by atoms with Crippen molar-refractivity contribution in [1.29, 1.82) is 0 Å². The Morgan fingerprint density at radius 2 is 2.00 bits per heavy atom. The van der Waals surface area contributed by atoms with Crippen LogP contribution in [0.25, 0.3) is 5.69 Å². The molecule has 0 fully saturated rings. The van der Waals surface area contributed by atoms with E-state index in [-0.39, 0.29) is 5.91 Å². The van der Waals surface area contributed by atoms with Crippen LogP contribution in [0.5, 0.6) is 5.75 Å². The van der Waals surface area contributed by atoms with Crippen molar-refractivity contribution in [2.45, 2.75) is 6.54 Å². The summed E-state index contributed by atoms with van der Waals surface area (Å²) in [5.74, 6) is 0.519. The molecule has 0 spiro atoms. The number of amides is 1. The highest BCUT2D eigenvalue weighted by Gasteiger charge is 2.07. The smallest absolute Gasteiger partial charge is 0.251 e. The molecule has 0 aliphatic heterocycles. The maximum atomic E-state index is 12.2. The Morgan fingerprint density at radius 3 is 2.78 bits per heavy atom. The number of benzene rings is 2. The summed E-state index contributed by atoms with van der Waals surface area (Å²) < 4.78 is 6.91. The van der Waals surface area contributed by atoms with E-state index in [1.165, 1.54) is 0 Å². The van der Waals surface area contributed by atoms with Gasteiger partial charge in [0.1, 0.15) is 5.75 Å². The van der Waals surface area contributed by atoms with Gasteiger partial charge < -0.3 is 10.1 Å². The second-order valence-electron chi connectivity index (χ2n) is 5.04. The van der Waals surface area contributed by atoms with Gasteiger partial charge in [0.25, 0.3) is 5.91 Å². The summed E-state index contributed by atoms with van der Waals surface area (Å²) in [4.78, 5) is 12.2. The molecule has 1 heterocycles. The molecule has 0 unspecified atom stereocenters. The number of ether oxygens (including phenoxy) is 1. The van der Waals surface area contributed by atoms with Crippen molar-refractivity contribution in [1.82, 2.24) is 15.1 Å². The van der Waals surface area contributed by atoms with Gasteiger partial charge in [-0.05, 0) is 30.3 Å². The van der Waals surface area contributed by atoms with Gasteiger partial charge in [-0.2, -0.15) is 5.10 Å². The van der Waals surface area contributed by atoms with Gasteiger partial charge in [0.05, 0.1) is 19.0 Å². The highest BCUT2D eigenvalue weighted by atomic mass is 16.5. The van der Waals surface area contributed by atoms with E-state index in [9.17, 15) is 4.79 Å². The lowest BCUT2D eigenvalue weighted by Gasteiger charge is -2.05. The second-order valence-corrected chi connectivity index (χ2v) is 5.04. The molecule has 116 valence electrons. The molecular formula is C18H17N3O2. The number of rotatable bonds is 5. The number of hydrogen-bond acceptors (Lipinski definition) is 3. The Morgan fingerprint density at radius 1 is 1.17 bits per heavy atom. The zero-order chi connectivity index (χ0) is 16.1. The summed E-state index contributed by atoms with van der Waals surface area (Å²) in [6.07, 6.45) is 3.65. The summed E-state index contributed by atoms with van der Waals surface area (Å²) >= 11 is 0. The minimum absolute atomic E-state index is 0.142. The van der Waals surface area contributed by atoms with Crippen molar-refractivity contribution >= 4 is 5.91 Å². The molecular weight excluding hydrogens is 290 g/mol. The third-order valence-electron chi connectivity index (χ3n) is 3.44. The van der Waals surface area contributed by atoms with Crippen LogP contribution in [-0.4, -0.2) is 22.8 Å². The van der Waals surface area contributed by atoms with Crippen LogP contribution in [0, 0.1) is 0 Å². The first-order chi connectivity index (χ1) is 11.3. The first-order valence-electron chi connectivity index (χ1n) is 7.27. The lowest BCUT2D eigenvalue weighted by Crippen LogP contribution is -2.22. The van der Waals surface area contributed by atoms with E-state index in [1.54, 1.807) is 42.3 Å². The van der Waals surface area contributed by atoms with E-state index in [0.29, 0.717) is 17.9 Å². The van der Waals surface area contributed by atoms with Crippen LogP contribution in [0.2, 0.25) is 0 Å². The van der Waals surface area contributed by atoms with E-state index in [2.05, 4.69) is 10.4 Å². The molecule has 1 N–H and O–H groups in total. The molecule has 1 amide bonds. The number of methoxy groups -OCH3 is 1. The largest absolute Gasteiger partial charge is 0.497 e. The number of aromatic nitrogens is 2. The summed E-state index contributed by atoms with van der Waals surface area (Å²) in [5.41, 5.74) is 2.49. The number of nitrogens with zero attached hydrogens (tertiary/aromatic N) is 2. The molecule has 0 atom stereocenters. The van der Waals surface area contributed by atoms with E-state index in [1.807, 2.05) is 36.5 Å². The van der Waals surface area contributed by atoms with Gasteiger partial charge in [0.2, 0.25) is 0 Å². The van der Waals surface area contributed by atoms with Crippen molar-refractivity contribution < 1.29 is 9.53 Å². The van der Waals surface area contributed by atoms with Crippen LogP contribution in [0.1, 0.15) is 15.9 Å². The number of carbonyl (C=O) groups excluding carboxylic acids is 1. The monoisotopic (exact) mass is 307 g/mol.